The van der Waals surface area contributed by atoms with Crippen LogP contribution >= 0.6 is 11.6 Å². The number of aromatic hydroxyl groups is 1. The molecular formula is C30H40ClN7O4. The monoisotopic (exact) mass is 597 g/mol. The number of hydrogen-bond acceptors (Lipinski definition) is 9. The first-order valence-corrected chi connectivity index (χ1v) is 14.4. The van der Waals surface area contributed by atoms with Gasteiger partial charge in [-0.15, -0.1) is 0 Å². The Kier molecular flexibility index (Phi) is 12.8. The van der Waals surface area contributed by atoms with E-state index in [-0.39, 0.29) is 40.8 Å². The van der Waals surface area contributed by atoms with Gasteiger partial charge >= 0.3 is 0 Å². The van der Waals surface area contributed by atoms with Crippen LogP contribution in [0.1, 0.15) is 83.8 Å². The molecule has 0 aliphatic carbocycles. The Labute approximate surface area is 250 Å². The molecule has 0 fully saturated rings. The highest BCUT2D eigenvalue weighted by atomic mass is 35.5. The second-order valence-corrected chi connectivity index (χ2v) is 10.5. The van der Waals surface area contributed by atoms with Crippen molar-refractivity contribution in [2.24, 2.45) is 10.7 Å². The van der Waals surface area contributed by atoms with E-state index < -0.39 is 12.0 Å². The third-order valence-electron chi connectivity index (χ3n) is 6.89. The summed E-state index contributed by atoms with van der Waals surface area (Å²) in [5.41, 5.74) is 20.5. The number of rotatable bonds is 15. The van der Waals surface area contributed by atoms with Crippen molar-refractivity contribution in [1.29, 1.82) is 0 Å². The van der Waals surface area contributed by atoms with E-state index in [1.54, 1.807) is 12.1 Å². The molecule has 1 amide bonds. The van der Waals surface area contributed by atoms with Crippen LogP contribution < -0.4 is 22.5 Å². The molecule has 226 valence electrons. The predicted molar refractivity (Wildman–Crippen MR) is 165 cm³/mol. The van der Waals surface area contributed by atoms with Crippen molar-refractivity contribution in [2.45, 2.75) is 70.5 Å². The van der Waals surface area contributed by atoms with Gasteiger partial charge < -0.3 is 32.5 Å². The van der Waals surface area contributed by atoms with Gasteiger partial charge in [-0.3, -0.25) is 15.1 Å². The van der Waals surface area contributed by atoms with Gasteiger partial charge in [0.2, 0.25) is 0 Å². The summed E-state index contributed by atoms with van der Waals surface area (Å²) in [4.78, 5) is 24.1. The largest absolute Gasteiger partial charge is 0.508 e. The number of nitrogen functional groups attached to an aromatic ring is 2. The fourth-order valence-corrected chi connectivity index (χ4v) is 4.59. The van der Waals surface area contributed by atoms with Crippen LogP contribution in [-0.2, 0) is 19.4 Å². The number of nitrogens with two attached hydrogens (primary N) is 3. The van der Waals surface area contributed by atoms with Gasteiger partial charge in [-0.25, -0.2) is 9.97 Å². The van der Waals surface area contributed by atoms with E-state index in [1.165, 1.54) is 17.2 Å². The maximum absolute atomic E-state index is 12.3. The molecule has 2 aromatic carbocycles. The molecule has 0 radical (unpaired) electrons. The summed E-state index contributed by atoms with van der Waals surface area (Å²) >= 11 is 5.80. The van der Waals surface area contributed by atoms with Crippen molar-refractivity contribution in [3.63, 3.8) is 0 Å². The minimum Gasteiger partial charge on any atom is -0.508 e. The first kappa shape index (κ1) is 32.6. The van der Waals surface area contributed by atoms with Crippen molar-refractivity contribution in [3.8, 4) is 5.75 Å². The number of hydrogen-bond donors (Lipinski definition) is 7. The molecule has 12 heteroatoms. The molecule has 0 saturated carbocycles. The maximum atomic E-state index is 12.3. The zero-order valence-corrected chi connectivity index (χ0v) is 24.4. The molecule has 0 aliphatic heterocycles. The Morgan fingerprint density at radius 2 is 1.57 bits per heavy atom. The summed E-state index contributed by atoms with van der Waals surface area (Å²) in [6.07, 6.45) is 7.85. The summed E-state index contributed by atoms with van der Waals surface area (Å²) < 4.78 is 0. The van der Waals surface area contributed by atoms with Gasteiger partial charge in [0.05, 0.1) is 12.7 Å². The summed E-state index contributed by atoms with van der Waals surface area (Å²) in [5.74, 6) is -0.864. The van der Waals surface area contributed by atoms with Crippen LogP contribution in [0.3, 0.4) is 0 Å². The molecule has 10 N–H and O–H groups in total. The normalized spacial score (nSPS) is 12.3. The lowest BCUT2D eigenvalue weighted by atomic mass is 9.99. The van der Waals surface area contributed by atoms with Crippen molar-refractivity contribution in [1.82, 2.24) is 15.3 Å². The maximum Gasteiger partial charge on any atom is 0.280 e. The minimum absolute atomic E-state index is 0.0383. The van der Waals surface area contributed by atoms with Crippen molar-refractivity contribution < 1.29 is 20.1 Å². The molecule has 1 aromatic heterocycles. The van der Waals surface area contributed by atoms with Gasteiger partial charge in [0.15, 0.2) is 28.4 Å². The van der Waals surface area contributed by atoms with Gasteiger partial charge in [-0.05, 0) is 67.3 Å². The lowest BCUT2D eigenvalue weighted by Crippen LogP contribution is -2.38. The molecule has 0 saturated heterocycles. The number of benzene rings is 2. The zero-order valence-electron chi connectivity index (χ0n) is 23.6. The Bertz CT molecular complexity index is 1350. The lowest BCUT2D eigenvalue weighted by molar-refractivity contribution is 0.0972. The zero-order chi connectivity index (χ0) is 30.5. The van der Waals surface area contributed by atoms with Crippen molar-refractivity contribution in [2.75, 3.05) is 18.0 Å². The Hall–Kier alpha value is -3.93. The summed E-state index contributed by atoms with van der Waals surface area (Å²) in [5, 5.41) is 31.7. The van der Waals surface area contributed by atoms with Crippen LogP contribution in [0, 0.1) is 0 Å². The Morgan fingerprint density at radius 1 is 0.929 bits per heavy atom. The van der Waals surface area contributed by atoms with Crippen LogP contribution in [0.25, 0.3) is 0 Å². The highest BCUT2D eigenvalue weighted by molar-refractivity contribution is 6.31. The second kappa shape index (κ2) is 16.5. The third kappa shape index (κ3) is 10.2. The number of carbonyl (C=O) groups is 1. The van der Waals surface area contributed by atoms with Gasteiger partial charge in [0.25, 0.3) is 5.91 Å². The number of aromatic nitrogens is 2. The molecule has 1 atom stereocenters. The number of nitrogens with one attached hydrogen (secondary N) is 1. The Morgan fingerprint density at radius 3 is 2.24 bits per heavy atom. The van der Waals surface area contributed by atoms with Crippen molar-refractivity contribution in [3.05, 3.63) is 75.6 Å². The molecule has 0 bridgehead atoms. The summed E-state index contributed by atoms with van der Waals surface area (Å²) in [6, 6.07) is 13.5. The van der Waals surface area contributed by atoms with Gasteiger partial charge in [0.1, 0.15) is 5.75 Å². The number of nitrogens with zero attached hydrogens (tertiary/aromatic N) is 3. The van der Waals surface area contributed by atoms with Gasteiger partial charge in [-0.1, -0.05) is 61.2 Å². The number of aryl methyl sites for hydroxylation is 2. The number of carbonyl (C=O) groups excluding carboxylic acids is 1. The number of aliphatic hydroxyl groups excluding tert-OH is 2. The van der Waals surface area contributed by atoms with E-state index in [1.807, 2.05) is 0 Å². The number of phenols is 1. The van der Waals surface area contributed by atoms with E-state index in [2.05, 4.69) is 44.5 Å². The van der Waals surface area contributed by atoms with Gasteiger partial charge in [0, 0.05) is 12.1 Å². The topological polar surface area (TPSA) is 206 Å². The molecule has 1 heterocycles. The summed E-state index contributed by atoms with van der Waals surface area (Å²) in [7, 11) is 0. The molecule has 3 rings (SSSR count). The van der Waals surface area contributed by atoms with Crippen LogP contribution in [0.5, 0.6) is 5.75 Å². The van der Waals surface area contributed by atoms with Crippen LogP contribution in [0.15, 0.2) is 47.5 Å². The molecule has 3 aromatic rings. The standard InChI is InChI=1S/C30H40ClN7O4/c31-26-28(33)37-27(32)25(36-26)29(42)38-30(34)35-16-6-5-8-20-12-10-19(11-13-20)7-3-1-2-4-9-23(40)21-14-15-24(41)22(17-21)18-39/h10-15,17,23,39-41H,1-9,16,18H2,(H4,32,33,37)(H3,34,35,38,42)/t23-/m0/s1. The Balaban J connectivity index is 1.27. The molecule has 0 unspecified atom stereocenters. The highest BCUT2D eigenvalue weighted by Crippen LogP contribution is 2.26. The average Bonchev–Trinajstić information content (AvgIpc) is 2.97. The van der Waals surface area contributed by atoms with E-state index >= 15 is 0 Å². The average molecular weight is 598 g/mol. The van der Waals surface area contributed by atoms with Crippen LogP contribution in [0.2, 0.25) is 5.15 Å². The highest BCUT2D eigenvalue weighted by Gasteiger charge is 2.16. The van der Waals surface area contributed by atoms with E-state index in [4.69, 9.17) is 28.8 Å². The number of aliphatic imine (C=N–C) groups is 1. The van der Waals surface area contributed by atoms with E-state index in [9.17, 15) is 20.1 Å². The molecule has 42 heavy (non-hydrogen) atoms. The van der Waals surface area contributed by atoms with E-state index in [0.29, 0.717) is 18.5 Å². The first-order chi connectivity index (χ1) is 20.2. The SMILES string of the molecule is NC(=NCCCCc1ccc(CCCCCC[C@H](O)c2ccc(O)c(CO)c2)cc1)NC(=O)c1nc(Cl)c(N)nc1N. The fraction of sp³-hybridized carbons (Fsp3) is 0.400. The minimum atomic E-state index is -0.661. The lowest BCUT2D eigenvalue weighted by Gasteiger charge is -2.13. The smallest absolute Gasteiger partial charge is 0.280 e. The number of aliphatic hydroxyl groups is 2. The molecule has 0 spiro atoms. The van der Waals surface area contributed by atoms with Crippen LogP contribution in [0.4, 0.5) is 11.6 Å². The number of unbranched alkanes of at least 4 members (excludes halogenated alkanes) is 4. The van der Waals surface area contributed by atoms with Gasteiger partial charge in [-0.2, -0.15) is 0 Å². The first-order valence-electron chi connectivity index (χ1n) is 14.1. The fourth-order valence-electron chi connectivity index (χ4n) is 4.46. The molecule has 0 aliphatic rings. The molecule has 11 nitrogen and oxygen atoms in total. The second-order valence-electron chi connectivity index (χ2n) is 10.1. The summed E-state index contributed by atoms with van der Waals surface area (Å²) in [6.45, 7) is 0.210. The van der Waals surface area contributed by atoms with Crippen molar-refractivity contribution >= 4 is 35.1 Å². The van der Waals surface area contributed by atoms with E-state index in [0.717, 1.165) is 56.9 Å². The number of guanidine groups is 1. The predicted octanol–water partition coefficient (Wildman–Crippen LogP) is 3.79. The molecular weight excluding hydrogens is 558 g/mol. The number of amides is 1. The third-order valence-corrected chi connectivity index (χ3v) is 7.17. The number of anilines is 2. The number of halogens is 1. The quantitative estimate of drug-likeness (QED) is 0.0771. The van der Waals surface area contributed by atoms with Crippen LogP contribution in [-0.4, -0.2) is 43.7 Å².